The monoisotopic (exact) mass is 187 g/mol. The van der Waals surface area contributed by atoms with Gasteiger partial charge >= 0.3 is 0 Å². The zero-order chi connectivity index (χ0) is 10.9. The Kier molecular flexibility index (Phi) is 10.1. The average molecular weight is 187 g/mol. The Hall–Kier alpha value is -1.03. The third kappa shape index (κ3) is 24.8. The maximum Gasteiger partial charge on any atom is 0.143 e. The van der Waals surface area contributed by atoms with Crippen LogP contribution in [-0.2, 0) is 14.4 Å². The minimum absolute atomic E-state index is 0.0324. The first kappa shape index (κ1) is 14.5. The zero-order valence-corrected chi connectivity index (χ0v) is 8.42. The Morgan fingerprint density at radius 1 is 0.846 bits per heavy atom. The lowest BCUT2D eigenvalue weighted by molar-refractivity contribution is -0.122. The van der Waals surface area contributed by atoms with Crippen LogP contribution in [0.3, 0.4) is 0 Å². The van der Waals surface area contributed by atoms with Crippen LogP contribution in [0.2, 0.25) is 0 Å². The van der Waals surface area contributed by atoms with E-state index in [9.17, 15) is 14.4 Å². The van der Waals surface area contributed by atoms with Crippen molar-refractivity contribution in [3.8, 4) is 0 Å². The maximum absolute atomic E-state index is 10.2. The number of ketones is 3. The van der Waals surface area contributed by atoms with Gasteiger partial charge in [0.05, 0.1) is 6.54 Å². The van der Waals surface area contributed by atoms with E-state index in [2.05, 4.69) is 0 Å². The first-order valence-electron chi connectivity index (χ1n) is 4.08. The molecule has 0 saturated carbocycles. The molecule has 0 rings (SSSR count). The molecule has 0 unspecified atom stereocenters. The Balaban J connectivity index is 0. The van der Waals surface area contributed by atoms with Gasteiger partial charge in [-0.05, 0) is 20.8 Å². The van der Waals surface area contributed by atoms with Crippen molar-refractivity contribution in [2.45, 2.75) is 33.6 Å². The molecule has 0 aliphatic carbocycles. The number of rotatable bonds is 4. The van der Waals surface area contributed by atoms with Crippen LogP contribution in [0.25, 0.3) is 0 Å². The fraction of sp³-hybridized carbons (Fsp3) is 0.667. The molecule has 0 heterocycles. The van der Waals surface area contributed by atoms with Crippen LogP contribution < -0.4 is 5.73 Å². The lowest BCUT2D eigenvalue weighted by Gasteiger charge is -1.86. The van der Waals surface area contributed by atoms with E-state index in [1.807, 2.05) is 0 Å². The van der Waals surface area contributed by atoms with Gasteiger partial charge in [-0.3, -0.25) is 4.79 Å². The highest BCUT2D eigenvalue weighted by Crippen LogP contribution is 1.89. The largest absolute Gasteiger partial charge is 0.324 e. The minimum atomic E-state index is 0.0324. The molecule has 0 aliphatic heterocycles. The van der Waals surface area contributed by atoms with E-state index in [-0.39, 0.29) is 23.9 Å². The number of hydrogen-bond acceptors (Lipinski definition) is 4. The van der Waals surface area contributed by atoms with Gasteiger partial charge in [0, 0.05) is 12.8 Å². The molecule has 0 radical (unpaired) electrons. The molecule has 0 aromatic carbocycles. The molecule has 0 aromatic rings. The molecule has 0 amide bonds. The van der Waals surface area contributed by atoms with Crippen LogP contribution >= 0.6 is 0 Å². The van der Waals surface area contributed by atoms with Crippen LogP contribution in [0, 0.1) is 0 Å². The van der Waals surface area contributed by atoms with E-state index in [4.69, 9.17) is 5.73 Å². The van der Waals surface area contributed by atoms with E-state index < -0.39 is 0 Å². The molecule has 0 spiro atoms. The Labute approximate surface area is 78.5 Å². The normalized spacial score (nSPS) is 8.31. The van der Waals surface area contributed by atoms with Gasteiger partial charge in [-0.15, -0.1) is 0 Å². The summed E-state index contributed by atoms with van der Waals surface area (Å²) in [7, 11) is 0. The van der Waals surface area contributed by atoms with Crippen molar-refractivity contribution >= 4 is 17.3 Å². The molecule has 4 nitrogen and oxygen atoms in total. The summed E-state index contributed by atoms with van der Waals surface area (Å²) >= 11 is 0. The standard InChI is InChI=1S/C6H10O2.C3H7NO/c1-5(7)3-4-6(2)8;1-3(5)2-4/h3-4H2,1-2H3;2,4H2,1H3. The predicted molar refractivity (Wildman–Crippen MR) is 50.3 cm³/mol. The third-order valence-corrected chi connectivity index (χ3v) is 1.12. The summed E-state index contributed by atoms with van der Waals surface area (Å²) in [5.74, 6) is 0.199. The topological polar surface area (TPSA) is 77.2 Å². The first-order valence-corrected chi connectivity index (χ1v) is 4.08. The molecule has 13 heavy (non-hydrogen) atoms. The number of carbonyl (C=O) groups is 3. The van der Waals surface area contributed by atoms with Crippen molar-refractivity contribution in [1.82, 2.24) is 0 Å². The molecular formula is C9H17NO3. The van der Waals surface area contributed by atoms with Gasteiger partial charge in [0.25, 0.3) is 0 Å². The average Bonchev–Trinajstić information content (AvgIpc) is 2.02. The fourth-order valence-corrected chi connectivity index (χ4v) is 0.352. The smallest absolute Gasteiger partial charge is 0.143 e. The zero-order valence-electron chi connectivity index (χ0n) is 8.42. The van der Waals surface area contributed by atoms with Crippen molar-refractivity contribution in [2.24, 2.45) is 5.73 Å². The Morgan fingerprint density at radius 3 is 1.15 bits per heavy atom. The molecule has 2 N–H and O–H groups in total. The van der Waals surface area contributed by atoms with Crippen molar-refractivity contribution in [3.05, 3.63) is 0 Å². The summed E-state index contributed by atoms with van der Waals surface area (Å²) in [6, 6.07) is 0. The molecular weight excluding hydrogens is 170 g/mol. The number of carbonyl (C=O) groups excluding carboxylic acids is 3. The van der Waals surface area contributed by atoms with Crippen LogP contribution in [0.5, 0.6) is 0 Å². The summed E-state index contributed by atoms with van der Waals surface area (Å²) in [6.07, 6.45) is 0.796. The summed E-state index contributed by atoms with van der Waals surface area (Å²) in [6.45, 7) is 4.60. The van der Waals surface area contributed by atoms with Gasteiger partial charge in [-0.2, -0.15) is 0 Å². The molecule has 0 aromatic heterocycles. The van der Waals surface area contributed by atoms with Crippen LogP contribution in [0.4, 0.5) is 0 Å². The van der Waals surface area contributed by atoms with Crippen LogP contribution in [0.15, 0.2) is 0 Å². The summed E-state index contributed by atoms with van der Waals surface area (Å²) in [5, 5.41) is 0. The Morgan fingerprint density at radius 2 is 1.08 bits per heavy atom. The lowest BCUT2D eigenvalue weighted by atomic mass is 10.2. The summed E-state index contributed by atoms with van der Waals surface area (Å²) in [5.41, 5.74) is 4.82. The highest BCUT2D eigenvalue weighted by Gasteiger charge is 1.95. The summed E-state index contributed by atoms with van der Waals surface area (Å²) in [4.78, 5) is 30.1. The molecule has 4 heteroatoms. The fourth-order valence-electron chi connectivity index (χ4n) is 0.352. The maximum atomic E-state index is 10.2. The van der Waals surface area contributed by atoms with Crippen molar-refractivity contribution in [2.75, 3.05) is 6.54 Å². The minimum Gasteiger partial charge on any atom is -0.324 e. The molecule has 0 atom stereocenters. The second-order valence-electron chi connectivity index (χ2n) is 2.81. The van der Waals surface area contributed by atoms with Crippen LogP contribution in [-0.4, -0.2) is 23.9 Å². The van der Waals surface area contributed by atoms with Gasteiger partial charge in [-0.25, -0.2) is 0 Å². The quantitative estimate of drug-likeness (QED) is 0.694. The summed E-state index contributed by atoms with van der Waals surface area (Å²) < 4.78 is 0. The third-order valence-electron chi connectivity index (χ3n) is 1.12. The van der Waals surface area contributed by atoms with Crippen molar-refractivity contribution < 1.29 is 14.4 Å². The van der Waals surface area contributed by atoms with E-state index in [0.717, 1.165) is 0 Å². The van der Waals surface area contributed by atoms with E-state index in [1.54, 1.807) is 0 Å². The second kappa shape index (κ2) is 9.06. The molecule has 0 aliphatic rings. The SMILES string of the molecule is CC(=O)CCC(C)=O.CC(=O)CN. The predicted octanol–water partition coefficient (Wildman–Crippen LogP) is 0.479. The van der Waals surface area contributed by atoms with Gasteiger partial charge in [0.2, 0.25) is 0 Å². The lowest BCUT2D eigenvalue weighted by Crippen LogP contribution is -2.07. The Bertz CT molecular complexity index is 173. The van der Waals surface area contributed by atoms with E-state index in [1.165, 1.54) is 20.8 Å². The molecule has 0 bridgehead atoms. The molecule has 0 fully saturated rings. The first-order chi connectivity index (χ1) is 5.90. The van der Waals surface area contributed by atoms with Gasteiger partial charge in [0.15, 0.2) is 0 Å². The second-order valence-corrected chi connectivity index (χ2v) is 2.81. The van der Waals surface area contributed by atoms with Gasteiger partial charge in [-0.1, -0.05) is 0 Å². The van der Waals surface area contributed by atoms with Crippen molar-refractivity contribution in [1.29, 1.82) is 0 Å². The van der Waals surface area contributed by atoms with E-state index >= 15 is 0 Å². The highest BCUT2D eigenvalue weighted by molar-refractivity contribution is 5.83. The van der Waals surface area contributed by atoms with Gasteiger partial charge in [0.1, 0.15) is 17.3 Å². The number of hydrogen-bond donors (Lipinski definition) is 1. The molecule has 0 saturated heterocycles. The van der Waals surface area contributed by atoms with Gasteiger partial charge < -0.3 is 15.3 Å². The molecule has 76 valence electrons. The highest BCUT2D eigenvalue weighted by atomic mass is 16.1. The van der Waals surface area contributed by atoms with E-state index in [0.29, 0.717) is 12.8 Å². The number of nitrogens with two attached hydrogens (primary N) is 1. The van der Waals surface area contributed by atoms with Crippen LogP contribution in [0.1, 0.15) is 33.6 Å². The van der Waals surface area contributed by atoms with Crippen molar-refractivity contribution in [3.63, 3.8) is 0 Å². The number of Topliss-reactive ketones (excluding diaryl/α,β-unsaturated/α-hetero) is 3.